The fourth-order valence-corrected chi connectivity index (χ4v) is 4.35. The van der Waals surface area contributed by atoms with Gasteiger partial charge in [0.2, 0.25) is 0 Å². The van der Waals surface area contributed by atoms with Crippen LogP contribution >= 0.6 is 12.2 Å². The molecule has 9 heteroatoms. The van der Waals surface area contributed by atoms with Gasteiger partial charge in [-0.25, -0.2) is 8.42 Å². The Morgan fingerprint density at radius 1 is 0.909 bits per heavy atom. The maximum Gasteiger partial charge on any atom is 0.262 e. The number of hydrogen-bond acceptors (Lipinski definition) is 5. The molecule has 0 saturated heterocycles. The van der Waals surface area contributed by atoms with E-state index in [1.54, 1.807) is 30.3 Å². The smallest absolute Gasteiger partial charge is 0.262 e. The minimum Gasteiger partial charge on any atom is -0.495 e. The third kappa shape index (κ3) is 6.59. The number of ether oxygens (including phenoxy) is 2. The number of anilines is 3. The van der Waals surface area contributed by atoms with Gasteiger partial charge in [0, 0.05) is 17.4 Å². The Morgan fingerprint density at radius 2 is 1.58 bits per heavy atom. The van der Waals surface area contributed by atoms with Gasteiger partial charge in [-0.3, -0.25) is 4.72 Å². The molecule has 0 aliphatic carbocycles. The van der Waals surface area contributed by atoms with Crippen molar-refractivity contribution in [1.29, 1.82) is 0 Å². The molecule has 0 aromatic heterocycles. The Hall–Kier alpha value is -3.30. The molecule has 0 atom stereocenters. The normalized spacial score (nSPS) is 10.9. The van der Waals surface area contributed by atoms with Crippen molar-refractivity contribution in [2.45, 2.75) is 25.2 Å². The molecule has 0 heterocycles. The Bertz CT molecular complexity index is 1200. The van der Waals surface area contributed by atoms with Crippen molar-refractivity contribution in [3.8, 4) is 11.5 Å². The van der Waals surface area contributed by atoms with Gasteiger partial charge in [-0.15, -0.1) is 0 Å². The van der Waals surface area contributed by atoms with E-state index in [0.717, 1.165) is 12.1 Å². The van der Waals surface area contributed by atoms with E-state index in [2.05, 4.69) is 22.3 Å². The Balaban J connectivity index is 1.71. The number of aryl methyl sites for hydroxylation is 1. The van der Waals surface area contributed by atoms with E-state index >= 15 is 0 Å². The molecule has 3 N–H and O–H groups in total. The van der Waals surface area contributed by atoms with Gasteiger partial charge < -0.3 is 20.1 Å². The van der Waals surface area contributed by atoms with Crippen LogP contribution in [0.5, 0.6) is 11.5 Å². The zero-order valence-electron chi connectivity index (χ0n) is 18.7. The van der Waals surface area contributed by atoms with Crippen LogP contribution < -0.4 is 24.8 Å². The molecule has 3 rings (SSSR count). The van der Waals surface area contributed by atoms with Crippen molar-refractivity contribution in [2.75, 3.05) is 29.1 Å². The Kier molecular flexibility index (Phi) is 8.13. The Labute approximate surface area is 200 Å². The van der Waals surface area contributed by atoms with Gasteiger partial charge in [-0.05, 0) is 79.7 Å². The molecule has 0 aliphatic heterocycles. The van der Waals surface area contributed by atoms with E-state index in [4.69, 9.17) is 21.7 Å². The average Bonchev–Trinajstić information content (AvgIpc) is 2.81. The summed E-state index contributed by atoms with van der Waals surface area (Å²) in [4.78, 5) is 0.0628. The highest BCUT2D eigenvalue weighted by molar-refractivity contribution is 7.92. The van der Waals surface area contributed by atoms with Crippen molar-refractivity contribution in [2.24, 2.45) is 0 Å². The third-order valence-electron chi connectivity index (χ3n) is 4.77. The number of nitrogens with one attached hydrogen (secondary N) is 3. The number of thiocarbonyl (C=S) groups is 1. The van der Waals surface area contributed by atoms with Crippen LogP contribution in [-0.4, -0.2) is 27.2 Å². The van der Waals surface area contributed by atoms with Gasteiger partial charge in [0.15, 0.2) is 5.11 Å². The van der Waals surface area contributed by atoms with E-state index in [9.17, 15) is 8.42 Å². The SMILES string of the molecule is CCOc1ccc(NS(=O)(=O)c2ccc(NC(=S)Nc3ccc(CC)cc3)c(OC)c2)cc1. The van der Waals surface area contributed by atoms with E-state index in [-0.39, 0.29) is 4.90 Å². The average molecular weight is 486 g/mol. The zero-order valence-corrected chi connectivity index (χ0v) is 20.3. The van der Waals surface area contributed by atoms with Gasteiger partial charge in [0.1, 0.15) is 11.5 Å². The number of hydrogen-bond donors (Lipinski definition) is 3. The predicted molar refractivity (Wildman–Crippen MR) is 137 cm³/mol. The molecule has 0 amide bonds. The first kappa shape index (κ1) is 24.3. The van der Waals surface area contributed by atoms with Gasteiger partial charge >= 0.3 is 0 Å². The predicted octanol–water partition coefficient (Wildman–Crippen LogP) is 5.27. The lowest BCUT2D eigenvalue weighted by Crippen LogP contribution is -2.20. The van der Waals surface area contributed by atoms with Crippen LogP contribution in [0.1, 0.15) is 19.4 Å². The van der Waals surface area contributed by atoms with Gasteiger partial charge in [0.25, 0.3) is 10.0 Å². The molecule has 7 nitrogen and oxygen atoms in total. The minimum absolute atomic E-state index is 0.0628. The van der Waals surface area contributed by atoms with Gasteiger partial charge in [-0.2, -0.15) is 0 Å². The molecule has 0 fully saturated rings. The molecular weight excluding hydrogens is 458 g/mol. The topological polar surface area (TPSA) is 88.7 Å². The fraction of sp³-hybridized carbons (Fsp3) is 0.208. The summed E-state index contributed by atoms with van der Waals surface area (Å²) in [6.45, 7) is 4.52. The first-order valence-electron chi connectivity index (χ1n) is 10.4. The lowest BCUT2D eigenvalue weighted by molar-refractivity contribution is 0.340. The quantitative estimate of drug-likeness (QED) is 0.356. The van der Waals surface area contributed by atoms with Crippen LogP contribution in [0.2, 0.25) is 0 Å². The molecule has 0 radical (unpaired) electrons. The standard InChI is InChI=1S/C24H27N3O4S2/c1-4-17-6-8-18(9-7-17)25-24(32)26-22-15-14-21(16-23(22)30-3)33(28,29)27-19-10-12-20(13-11-19)31-5-2/h6-16,27H,4-5H2,1-3H3,(H2,25,26,32). The van der Waals surface area contributed by atoms with Crippen LogP contribution in [0.3, 0.4) is 0 Å². The fourth-order valence-electron chi connectivity index (χ4n) is 3.05. The molecule has 0 unspecified atom stereocenters. The summed E-state index contributed by atoms with van der Waals surface area (Å²) in [5.74, 6) is 1.01. The number of rotatable bonds is 9. The second-order valence-corrected chi connectivity index (χ2v) is 9.15. The van der Waals surface area contributed by atoms with E-state index < -0.39 is 10.0 Å². The number of benzene rings is 3. The van der Waals surface area contributed by atoms with Crippen LogP contribution in [0.15, 0.2) is 71.6 Å². The molecule has 174 valence electrons. The summed E-state index contributed by atoms with van der Waals surface area (Å²) < 4.78 is 39.0. The molecule has 3 aromatic rings. The summed E-state index contributed by atoms with van der Waals surface area (Å²) in [7, 11) is -2.35. The Morgan fingerprint density at radius 3 is 2.18 bits per heavy atom. The third-order valence-corrected chi connectivity index (χ3v) is 6.35. The van der Waals surface area contributed by atoms with E-state index in [0.29, 0.717) is 34.6 Å². The maximum atomic E-state index is 12.9. The summed E-state index contributed by atoms with van der Waals surface area (Å²) in [5, 5.41) is 6.52. The summed E-state index contributed by atoms with van der Waals surface area (Å²) in [5.41, 5.74) is 3.05. The second kappa shape index (κ2) is 11.0. The number of methoxy groups -OCH3 is 1. The van der Waals surface area contributed by atoms with Crippen LogP contribution in [0.4, 0.5) is 17.1 Å². The van der Waals surface area contributed by atoms with Crippen LogP contribution in [0.25, 0.3) is 0 Å². The lowest BCUT2D eigenvalue weighted by Gasteiger charge is -2.15. The largest absolute Gasteiger partial charge is 0.495 e. The first-order chi connectivity index (χ1) is 15.8. The number of sulfonamides is 1. The van der Waals surface area contributed by atoms with Crippen molar-refractivity contribution in [1.82, 2.24) is 0 Å². The molecule has 0 spiro atoms. The van der Waals surface area contributed by atoms with E-state index in [1.165, 1.54) is 24.8 Å². The molecule has 33 heavy (non-hydrogen) atoms. The lowest BCUT2D eigenvalue weighted by atomic mass is 10.1. The van der Waals surface area contributed by atoms with Crippen molar-refractivity contribution in [3.63, 3.8) is 0 Å². The van der Waals surface area contributed by atoms with E-state index in [1.807, 2.05) is 31.2 Å². The highest BCUT2D eigenvalue weighted by Gasteiger charge is 2.17. The molecule has 0 aliphatic rings. The first-order valence-corrected chi connectivity index (χ1v) is 12.3. The van der Waals surface area contributed by atoms with Crippen molar-refractivity contribution < 1.29 is 17.9 Å². The minimum atomic E-state index is -3.82. The highest BCUT2D eigenvalue weighted by atomic mass is 32.2. The molecule has 0 saturated carbocycles. The van der Waals surface area contributed by atoms with Gasteiger partial charge in [0.05, 0.1) is 24.3 Å². The van der Waals surface area contributed by atoms with Crippen molar-refractivity contribution in [3.05, 3.63) is 72.3 Å². The summed E-state index contributed by atoms with van der Waals surface area (Å²) in [6.07, 6.45) is 0.961. The van der Waals surface area contributed by atoms with Crippen LogP contribution in [0, 0.1) is 0 Å². The molecule has 0 bridgehead atoms. The van der Waals surface area contributed by atoms with Gasteiger partial charge in [-0.1, -0.05) is 19.1 Å². The highest BCUT2D eigenvalue weighted by Crippen LogP contribution is 2.29. The van der Waals surface area contributed by atoms with Crippen molar-refractivity contribution >= 4 is 44.4 Å². The zero-order chi connectivity index (χ0) is 23.8. The van der Waals surface area contributed by atoms with Crippen LogP contribution in [-0.2, 0) is 16.4 Å². The second-order valence-electron chi connectivity index (χ2n) is 7.05. The monoisotopic (exact) mass is 485 g/mol. The molecule has 3 aromatic carbocycles. The summed E-state index contributed by atoms with van der Waals surface area (Å²) in [6, 6.07) is 19.2. The maximum absolute atomic E-state index is 12.9. The molecular formula is C24H27N3O4S2. The summed E-state index contributed by atoms with van der Waals surface area (Å²) >= 11 is 5.39.